The van der Waals surface area contributed by atoms with Crippen LogP contribution in [0.5, 0.6) is 0 Å². The molecule has 1 aromatic heterocycles. The van der Waals surface area contributed by atoms with E-state index in [2.05, 4.69) is 15.4 Å². The number of hydrogen-bond donors (Lipinski definition) is 2. The number of rotatable bonds is 4. The molecular formula is C18H17F4N5O. The van der Waals surface area contributed by atoms with Crippen molar-refractivity contribution in [3.05, 3.63) is 47.3 Å². The number of carbonyl (C=O) groups is 1. The summed E-state index contributed by atoms with van der Waals surface area (Å²) in [5, 5.41) is 6.12. The normalized spacial score (nSPS) is 26.0. The van der Waals surface area contributed by atoms with E-state index < -0.39 is 30.3 Å². The van der Waals surface area contributed by atoms with Gasteiger partial charge in [-0.1, -0.05) is 6.07 Å². The van der Waals surface area contributed by atoms with Gasteiger partial charge in [0.25, 0.3) is 5.91 Å². The van der Waals surface area contributed by atoms with Gasteiger partial charge in [0.1, 0.15) is 12.5 Å². The molecular weight excluding hydrogens is 378 g/mol. The van der Waals surface area contributed by atoms with Crippen LogP contribution in [-0.2, 0) is 12.0 Å². The van der Waals surface area contributed by atoms with Crippen LogP contribution < -0.4 is 11.1 Å². The van der Waals surface area contributed by atoms with E-state index in [1.807, 2.05) is 0 Å². The number of aromatic nitrogens is 2. The number of anilines is 1. The second-order valence-corrected chi connectivity index (χ2v) is 7.09. The van der Waals surface area contributed by atoms with Gasteiger partial charge in [-0.3, -0.25) is 9.79 Å². The molecule has 1 spiro atoms. The number of aliphatic imine (C=N–C) groups is 1. The predicted molar refractivity (Wildman–Crippen MR) is 93.9 cm³/mol. The van der Waals surface area contributed by atoms with Gasteiger partial charge in [-0.25, -0.2) is 13.5 Å². The second kappa shape index (κ2) is 6.32. The molecule has 4 rings (SSSR count). The van der Waals surface area contributed by atoms with Crippen molar-refractivity contribution < 1.29 is 22.4 Å². The van der Waals surface area contributed by atoms with Crippen LogP contribution in [0.2, 0.25) is 0 Å². The first-order chi connectivity index (χ1) is 13.3. The largest absolute Gasteiger partial charge is 0.385 e. The SMILES string of the molecule is NC1=N[C@]2(CC[C@@]1(F)CF)Cc1ccc(NC(=O)c3ccn(C(F)F)n3)cc12. The Kier molecular flexibility index (Phi) is 4.16. The molecule has 0 radical (unpaired) electrons. The zero-order valence-corrected chi connectivity index (χ0v) is 14.6. The van der Waals surface area contributed by atoms with Crippen molar-refractivity contribution in [3.8, 4) is 0 Å². The van der Waals surface area contributed by atoms with Crippen LogP contribution in [-0.4, -0.2) is 33.9 Å². The van der Waals surface area contributed by atoms with Crippen LogP contribution in [0, 0.1) is 0 Å². The maximum atomic E-state index is 14.3. The molecule has 6 nitrogen and oxygen atoms in total. The molecule has 3 N–H and O–H groups in total. The van der Waals surface area contributed by atoms with E-state index in [9.17, 15) is 22.4 Å². The van der Waals surface area contributed by atoms with Gasteiger partial charge in [-0.2, -0.15) is 13.9 Å². The Hall–Kier alpha value is -2.91. The zero-order chi connectivity index (χ0) is 20.1. The molecule has 0 saturated carbocycles. The zero-order valence-electron chi connectivity index (χ0n) is 14.6. The molecule has 0 fully saturated rings. The highest BCUT2D eigenvalue weighted by Crippen LogP contribution is 2.50. The quantitative estimate of drug-likeness (QED) is 0.780. The summed E-state index contributed by atoms with van der Waals surface area (Å²) in [5.74, 6) is -0.988. The molecule has 1 aromatic carbocycles. The monoisotopic (exact) mass is 395 g/mol. The number of nitrogens with one attached hydrogen (secondary N) is 1. The summed E-state index contributed by atoms with van der Waals surface area (Å²) >= 11 is 0. The van der Waals surface area contributed by atoms with Crippen molar-refractivity contribution in [1.82, 2.24) is 9.78 Å². The second-order valence-electron chi connectivity index (χ2n) is 7.09. The van der Waals surface area contributed by atoms with Gasteiger partial charge in [-0.05, 0) is 42.2 Å². The minimum atomic E-state index is -2.83. The molecule has 2 atom stereocenters. The fourth-order valence-electron chi connectivity index (χ4n) is 3.69. The molecule has 2 aliphatic rings. The van der Waals surface area contributed by atoms with E-state index in [1.165, 1.54) is 6.07 Å². The lowest BCUT2D eigenvalue weighted by atomic mass is 9.66. The topological polar surface area (TPSA) is 85.3 Å². The molecule has 0 unspecified atom stereocenters. The minimum absolute atomic E-state index is 0.0695. The first kappa shape index (κ1) is 18.5. The Morgan fingerprint density at radius 1 is 1.32 bits per heavy atom. The molecule has 1 aliphatic carbocycles. The fraction of sp³-hybridized carbons (Fsp3) is 0.389. The van der Waals surface area contributed by atoms with Gasteiger partial charge in [0.15, 0.2) is 11.4 Å². The molecule has 1 aliphatic heterocycles. The maximum Gasteiger partial charge on any atom is 0.333 e. The number of fused-ring (bicyclic) bond motifs is 2. The van der Waals surface area contributed by atoms with E-state index in [-0.39, 0.29) is 18.0 Å². The first-order valence-electron chi connectivity index (χ1n) is 8.65. The highest BCUT2D eigenvalue weighted by Gasteiger charge is 2.50. The number of carbonyl (C=O) groups excluding carboxylic acids is 1. The summed E-state index contributed by atoms with van der Waals surface area (Å²) in [5.41, 5.74) is 4.77. The summed E-state index contributed by atoms with van der Waals surface area (Å²) in [6.07, 6.45) is 1.80. The van der Waals surface area contributed by atoms with Gasteiger partial charge in [0.05, 0.1) is 5.54 Å². The lowest BCUT2D eigenvalue weighted by Gasteiger charge is -2.46. The van der Waals surface area contributed by atoms with E-state index >= 15 is 0 Å². The predicted octanol–water partition coefficient (Wildman–Crippen LogP) is 3.11. The number of nitrogens with two attached hydrogens (primary N) is 1. The lowest BCUT2D eigenvalue weighted by molar-refractivity contribution is 0.0561. The van der Waals surface area contributed by atoms with Gasteiger partial charge in [0.2, 0.25) is 0 Å². The van der Waals surface area contributed by atoms with Gasteiger partial charge in [0, 0.05) is 18.3 Å². The molecule has 0 bridgehead atoms. The van der Waals surface area contributed by atoms with Gasteiger partial charge >= 0.3 is 6.55 Å². The maximum absolute atomic E-state index is 14.3. The highest BCUT2D eigenvalue weighted by atomic mass is 19.3. The third-order valence-corrected chi connectivity index (χ3v) is 5.33. The molecule has 28 heavy (non-hydrogen) atoms. The molecule has 0 saturated heterocycles. The van der Waals surface area contributed by atoms with Crippen LogP contribution in [0.1, 0.15) is 41.0 Å². The van der Waals surface area contributed by atoms with Gasteiger partial charge in [-0.15, -0.1) is 0 Å². The Balaban J connectivity index is 1.56. The minimum Gasteiger partial charge on any atom is -0.385 e. The fourth-order valence-corrected chi connectivity index (χ4v) is 3.69. The van der Waals surface area contributed by atoms with Crippen molar-refractivity contribution in [2.24, 2.45) is 10.7 Å². The number of alkyl halides is 4. The van der Waals surface area contributed by atoms with Crippen molar-refractivity contribution in [2.45, 2.75) is 37.0 Å². The van der Waals surface area contributed by atoms with Crippen molar-refractivity contribution in [1.29, 1.82) is 0 Å². The summed E-state index contributed by atoms with van der Waals surface area (Å²) in [4.78, 5) is 16.5. The van der Waals surface area contributed by atoms with E-state index in [0.717, 1.165) is 17.3 Å². The highest BCUT2D eigenvalue weighted by molar-refractivity contribution is 6.03. The van der Waals surface area contributed by atoms with E-state index in [1.54, 1.807) is 18.2 Å². The van der Waals surface area contributed by atoms with Crippen LogP contribution in [0.3, 0.4) is 0 Å². The van der Waals surface area contributed by atoms with Crippen molar-refractivity contribution in [3.63, 3.8) is 0 Å². The number of hydrogen-bond acceptors (Lipinski definition) is 4. The number of benzene rings is 1. The third-order valence-electron chi connectivity index (χ3n) is 5.33. The summed E-state index contributed by atoms with van der Waals surface area (Å²) in [7, 11) is 0. The smallest absolute Gasteiger partial charge is 0.333 e. The Morgan fingerprint density at radius 2 is 2.11 bits per heavy atom. The summed E-state index contributed by atoms with van der Waals surface area (Å²) in [6, 6.07) is 6.35. The number of nitrogens with zero attached hydrogens (tertiary/aromatic N) is 3. The number of halogens is 4. The lowest BCUT2D eigenvalue weighted by Crippen LogP contribution is -2.52. The average Bonchev–Trinajstić information content (AvgIpc) is 3.16. The number of amidine groups is 1. The van der Waals surface area contributed by atoms with Crippen molar-refractivity contribution in [2.75, 3.05) is 12.0 Å². The first-order valence-corrected chi connectivity index (χ1v) is 8.65. The van der Waals surface area contributed by atoms with E-state index in [0.29, 0.717) is 23.2 Å². The molecule has 10 heteroatoms. The van der Waals surface area contributed by atoms with E-state index in [4.69, 9.17) is 5.73 Å². The standard InChI is InChI=1S/C18H17F4N5O/c19-9-17(22)4-5-18(25-15(17)23)8-10-1-2-11(7-12(10)18)24-14(28)13-3-6-27(26-13)16(20)21/h1-3,6-7,16H,4-5,8-9H2,(H2,23,25)(H,24,28)/t17-,18-/m1/s1. The number of amides is 1. The Morgan fingerprint density at radius 3 is 2.75 bits per heavy atom. The Labute approximate surface area is 157 Å². The van der Waals surface area contributed by atoms with Crippen LogP contribution >= 0.6 is 0 Å². The van der Waals surface area contributed by atoms with Crippen LogP contribution in [0.25, 0.3) is 0 Å². The average molecular weight is 395 g/mol. The summed E-state index contributed by atoms with van der Waals surface area (Å²) in [6.45, 7) is -4.05. The van der Waals surface area contributed by atoms with Crippen LogP contribution in [0.15, 0.2) is 35.5 Å². The molecule has 2 heterocycles. The molecule has 148 valence electrons. The molecule has 2 aromatic rings. The van der Waals surface area contributed by atoms with Crippen LogP contribution in [0.4, 0.5) is 23.2 Å². The van der Waals surface area contributed by atoms with Gasteiger partial charge < -0.3 is 11.1 Å². The third kappa shape index (κ3) is 2.83. The molecule has 1 amide bonds. The summed E-state index contributed by atoms with van der Waals surface area (Å²) < 4.78 is 52.8. The Bertz CT molecular complexity index is 975. The van der Waals surface area contributed by atoms with Crippen molar-refractivity contribution >= 4 is 17.4 Å².